The minimum Gasteiger partial charge on any atom is -0.314 e. The SMILES string of the molecule is CCCn1cnnc1-c1cncc(C)c1. The lowest BCUT2D eigenvalue weighted by Crippen LogP contribution is -1.98. The van der Waals surface area contributed by atoms with Crippen molar-refractivity contribution in [3.63, 3.8) is 0 Å². The number of aryl methyl sites for hydroxylation is 2. The highest BCUT2D eigenvalue weighted by Gasteiger charge is 2.06. The Morgan fingerprint density at radius 1 is 1.33 bits per heavy atom. The molecule has 0 aliphatic carbocycles. The van der Waals surface area contributed by atoms with Crippen LogP contribution in [0.3, 0.4) is 0 Å². The van der Waals surface area contributed by atoms with E-state index in [9.17, 15) is 0 Å². The number of hydrogen-bond donors (Lipinski definition) is 0. The molecule has 78 valence electrons. The van der Waals surface area contributed by atoms with E-state index in [-0.39, 0.29) is 0 Å². The van der Waals surface area contributed by atoms with Gasteiger partial charge in [0, 0.05) is 24.5 Å². The third-order valence-corrected chi connectivity index (χ3v) is 2.21. The van der Waals surface area contributed by atoms with E-state index in [0.717, 1.165) is 29.9 Å². The maximum atomic E-state index is 4.16. The Kier molecular flexibility index (Phi) is 2.76. The number of nitrogens with zero attached hydrogens (tertiary/aromatic N) is 4. The molecule has 0 atom stereocenters. The van der Waals surface area contributed by atoms with Gasteiger partial charge in [0.05, 0.1) is 0 Å². The van der Waals surface area contributed by atoms with E-state index < -0.39 is 0 Å². The van der Waals surface area contributed by atoms with Crippen LogP contribution in [-0.4, -0.2) is 19.7 Å². The number of pyridine rings is 1. The Balaban J connectivity index is 2.40. The van der Waals surface area contributed by atoms with Crippen molar-refractivity contribution >= 4 is 0 Å². The second kappa shape index (κ2) is 4.21. The molecule has 0 bridgehead atoms. The first kappa shape index (κ1) is 9.83. The molecule has 4 heteroatoms. The zero-order valence-electron chi connectivity index (χ0n) is 9.01. The number of rotatable bonds is 3. The van der Waals surface area contributed by atoms with E-state index in [4.69, 9.17) is 0 Å². The Bertz CT molecular complexity index is 447. The molecule has 0 unspecified atom stereocenters. The van der Waals surface area contributed by atoms with E-state index in [1.165, 1.54) is 0 Å². The van der Waals surface area contributed by atoms with Gasteiger partial charge in [0.1, 0.15) is 6.33 Å². The molecule has 0 aromatic carbocycles. The van der Waals surface area contributed by atoms with Crippen molar-refractivity contribution in [3.8, 4) is 11.4 Å². The smallest absolute Gasteiger partial charge is 0.165 e. The molecule has 2 heterocycles. The minimum atomic E-state index is 0.896. The summed E-state index contributed by atoms with van der Waals surface area (Å²) in [4.78, 5) is 4.16. The molecule has 0 fully saturated rings. The van der Waals surface area contributed by atoms with Crippen molar-refractivity contribution in [1.29, 1.82) is 0 Å². The maximum Gasteiger partial charge on any atom is 0.165 e. The Labute approximate surface area is 89.0 Å². The average molecular weight is 202 g/mol. The van der Waals surface area contributed by atoms with Crippen molar-refractivity contribution in [2.75, 3.05) is 0 Å². The molecular weight excluding hydrogens is 188 g/mol. The van der Waals surface area contributed by atoms with Gasteiger partial charge in [-0.15, -0.1) is 10.2 Å². The summed E-state index contributed by atoms with van der Waals surface area (Å²) in [6, 6.07) is 2.07. The highest BCUT2D eigenvalue weighted by Crippen LogP contribution is 2.16. The van der Waals surface area contributed by atoms with Gasteiger partial charge < -0.3 is 4.57 Å². The van der Waals surface area contributed by atoms with E-state index in [1.807, 2.05) is 19.3 Å². The van der Waals surface area contributed by atoms with Gasteiger partial charge >= 0.3 is 0 Å². The van der Waals surface area contributed by atoms with Crippen molar-refractivity contribution < 1.29 is 0 Å². The Morgan fingerprint density at radius 2 is 2.20 bits per heavy atom. The van der Waals surface area contributed by atoms with Gasteiger partial charge in [0.25, 0.3) is 0 Å². The fourth-order valence-electron chi connectivity index (χ4n) is 1.56. The van der Waals surface area contributed by atoms with Gasteiger partial charge in [0.15, 0.2) is 5.82 Å². The van der Waals surface area contributed by atoms with E-state index in [1.54, 1.807) is 6.33 Å². The molecule has 0 amide bonds. The van der Waals surface area contributed by atoms with Gasteiger partial charge in [-0.1, -0.05) is 6.92 Å². The molecular formula is C11H14N4. The average Bonchev–Trinajstić information content (AvgIpc) is 2.66. The van der Waals surface area contributed by atoms with Crippen molar-refractivity contribution in [2.45, 2.75) is 26.8 Å². The normalized spacial score (nSPS) is 10.5. The predicted octanol–water partition coefficient (Wildman–Crippen LogP) is 2.06. The fourth-order valence-corrected chi connectivity index (χ4v) is 1.56. The summed E-state index contributed by atoms with van der Waals surface area (Å²) in [7, 11) is 0. The molecule has 15 heavy (non-hydrogen) atoms. The predicted molar refractivity (Wildman–Crippen MR) is 58.3 cm³/mol. The second-order valence-corrected chi connectivity index (χ2v) is 3.60. The molecule has 4 nitrogen and oxygen atoms in total. The lowest BCUT2D eigenvalue weighted by Gasteiger charge is -2.04. The maximum absolute atomic E-state index is 4.16. The molecule has 0 N–H and O–H groups in total. The lowest BCUT2D eigenvalue weighted by molar-refractivity contribution is 0.682. The fraction of sp³-hybridized carbons (Fsp3) is 0.364. The van der Waals surface area contributed by atoms with Gasteiger partial charge in [0.2, 0.25) is 0 Å². The van der Waals surface area contributed by atoms with Gasteiger partial charge in [-0.25, -0.2) is 0 Å². The summed E-state index contributed by atoms with van der Waals surface area (Å²) < 4.78 is 2.05. The van der Waals surface area contributed by atoms with Crippen LogP contribution >= 0.6 is 0 Å². The van der Waals surface area contributed by atoms with Crippen LogP contribution in [0.5, 0.6) is 0 Å². The molecule has 0 radical (unpaired) electrons. The summed E-state index contributed by atoms with van der Waals surface area (Å²) in [5, 5.41) is 8.05. The third kappa shape index (κ3) is 2.03. The highest BCUT2D eigenvalue weighted by atomic mass is 15.3. The molecule has 2 rings (SSSR count). The Hall–Kier alpha value is -1.71. The third-order valence-electron chi connectivity index (χ3n) is 2.21. The van der Waals surface area contributed by atoms with Gasteiger partial charge in [-0.05, 0) is 25.0 Å². The minimum absolute atomic E-state index is 0.896. The van der Waals surface area contributed by atoms with E-state index >= 15 is 0 Å². The first-order valence-corrected chi connectivity index (χ1v) is 5.11. The monoisotopic (exact) mass is 202 g/mol. The quantitative estimate of drug-likeness (QED) is 0.765. The van der Waals surface area contributed by atoms with Crippen molar-refractivity contribution in [1.82, 2.24) is 19.7 Å². The van der Waals surface area contributed by atoms with Crippen molar-refractivity contribution in [2.24, 2.45) is 0 Å². The van der Waals surface area contributed by atoms with Crippen LogP contribution in [0.2, 0.25) is 0 Å². The first-order chi connectivity index (χ1) is 7.31. The van der Waals surface area contributed by atoms with Crippen LogP contribution < -0.4 is 0 Å². The zero-order valence-corrected chi connectivity index (χ0v) is 9.01. The van der Waals surface area contributed by atoms with Crippen LogP contribution in [0, 0.1) is 6.92 Å². The van der Waals surface area contributed by atoms with Crippen LogP contribution in [-0.2, 0) is 6.54 Å². The summed E-state index contributed by atoms with van der Waals surface area (Å²) in [6.07, 6.45) is 6.50. The van der Waals surface area contributed by atoms with Gasteiger partial charge in [-0.3, -0.25) is 4.98 Å². The molecule has 0 spiro atoms. The van der Waals surface area contributed by atoms with E-state index in [0.29, 0.717) is 0 Å². The summed E-state index contributed by atoms with van der Waals surface area (Å²) in [6.45, 7) is 5.10. The highest BCUT2D eigenvalue weighted by molar-refractivity contribution is 5.54. The largest absolute Gasteiger partial charge is 0.314 e. The molecule has 0 saturated heterocycles. The lowest BCUT2D eigenvalue weighted by atomic mass is 10.2. The van der Waals surface area contributed by atoms with Crippen LogP contribution in [0.25, 0.3) is 11.4 Å². The molecule has 0 saturated carbocycles. The number of aromatic nitrogens is 4. The summed E-state index contributed by atoms with van der Waals surface area (Å²) in [5.74, 6) is 0.896. The van der Waals surface area contributed by atoms with Crippen LogP contribution in [0.1, 0.15) is 18.9 Å². The molecule has 2 aromatic heterocycles. The van der Waals surface area contributed by atoms with Crippen LogP contribution in [0.15, 0.2) is 24.8 Å². The van der Waals surface area contributed by atoms with E-state index in [2.05, 4.69) is 32.7 Å². The van der Waals surface area contributed by atoms with Crippen molar-refractivity contribution in [3.05, 3.63) is 30.4 Å². The molecule has 2 aromatic rings. The first-order valence-electron chi connectivity index (χ1n) is 5.11. The Morgan fingerprint density at radius 3 is 2.93 bits per heavy atom. The second-order valence-electron chi connectivity index (χ2n) is 3.60. The zero-order chi connectivity index (χ0) is 10.7. The standard InChI is InChI=1S/C11H14N4/c1-3-4-15-8-13-14-11(15)10-5-9(2)6-12-7-10/h5-8H,3-4H2,1-2H3. The molecule has 0 aliphatic rings. The molecule has 0 aliphatic heterocycles. The topological polar surface area (TPSA) is 43.6 Å². The van der Waals surface area contributed by atoms with Gasteiger partial charge in [-0.2, -0.15) is 0 Å². The van der Waals surface area contributed by atoms with Crippen LogP contribution in [0.4, 0.5) is 0 Å². The summed E-state index contributed by atoms with van der Waals surface area (Å²) >= 11 is 0. The number of hydrogen-bond acceptors (Lipinski definition) is 3. The summed E-state index contributed by atoms with van der Waals surface area (Å²) in [5.41, 5.74) is 2.17.